The maximum absolute atomic E-state index is 10.3. The molecule has 0 saturated carbocycles. The number of urea groups is 1. The second-order valence-electron chi connectivity index (χ2n) is 2.29. The molecule has 0 spiro atoms. The van der Waals surface area contributed by atoms with Crippen LogP contribution in [0.5, 0.6) is 0 Å². The maximum atomic E-state index is 10.3. The molecule has 1 heterocycles. The van der Waals surface area contributed by atoms with Crippen molar-refractivity contribution in [1.29, 1.82) is 0 Å². The molecule has 0 aromatic heterocycles. The fraction of sp³-hybridized carbons (Fsp3) is 0.714. The van der Waals surface area contributed by atoms with Crippen molar-refractivity contribution in [3.63, 3.8) is 0 Å². The van der Waals surface area contributed by atoms with Gasteiger partial charge in [0.1, 0.15) is 13.2 Å². The van der Waals surface area contributed by atoms with Crippen molar-refractivity contribution in [3.8, 4) is 0 Å². The minimum Gasteiger partial charge on any atom is -0.329 e. The summed E-state index contributed by atoms with van der Waals surface area (Å²) < 4.78 is 19.5. The Kier molecular flexibility index (Phi) is 7.71. The molecule has 1 saturated heterocycles. The molecule has 0 aliphatic carbocycles. The van der Waals surface area contributed by atoms with E-state index in [0.717, 1.165) is 0 Å². The largest absolute Gasteiger partial charge is 0.697 e. The third-order valence-electron chi connectivity index (χ3n) is 1.13. The number of hydrogen-bond donors (Lipinski definition) is 2. The SMILES string of the molecule is CCO[P+](=O)OCC.O=C1CNC(=O)N1. The molecule has 1 rings (SSSR count). The Morgan fingerprint density at radius 1 is 1.27 bits per heavy atom. The van der Waals surface area contributed by atoms with Gasteiger partial charge in [0.25, 0.3) is 0 Å². The number of nitrogens with one attached hydrogen (secondary N) is 2. The summed E-state index contributed by atoms with van der Waals surface area (Å²) in [6, 6.07) is -0.398. The van der Waals surface area contributed by atoms with Gasteiger partial charge in [-0.2, -0.15) is 0 Å². The number of hydrogen-bond acceptors (Lipinski definition) is 5. The van der Waals surface area contributed by atoms with Gasteiger partial charge in [0.05, 0.1) is 6.54 Å². The maximum Gasteiger partial charge on any atom is 0.697 e. The summed E-state index contributed by atoms with van der Waals surface area (Å²) in [7, 11) is -1.83. The topological polar surface area (TPSA) is 93.7 Å². The number of rotatable bonds is 4. The molecule has 1 aliphatic rings. The van der Waals surface area contributed by atoms with E-state index in [1.54, 1.807) is 13.8 Å². The fourth-order valence-corrected chi connectivity index (χ4v) is 1.12. The van der Waals surface area contributed by atoms with Gasteiger partial charge in [-0.25, -0.2) is 4.79 Å². The lowest BCUT2D eigenvalue weighted by Crippen LogP contribution is -2.22. The fourth-order valence-electron chi connectivity index (χ4n) is 0.624. The molecule has 8 heteroatoms. The number of imide groups is 1. The highest BCUT2D eigenvalue weighted by Crippen LogP contribution is 2.21. The Labute approximate surface area is 88.5 Å². The van der Waals surface area contributed by atoms with Crippen LogP contribution in [0.4, 0.5) is 4.79 Å². The molecule has 0 unspecified atom stereocenters. The summed E-state index contributed by atoms with van der Waals surface area (Å²) in [5.41, 5.74) is 0. The van der Waals surface area contributed by atoms with Gasteiger partial charge in [-0.3, -0.25) is 10.1 Å². The van der Waals surface area contributed by atoms with Gasteiger partial charge in [0.2, 0.25) is 5.91 Å². The van der Waals surface area contributed by atoms with Gasteiger partial charge in [0.15, 0.2) is 0 Å². The second-order valence-corrected chi connectivity index (χ2v) is 3.25. The Morgan fingerprint density at radius 3 is 2.00 bits per heavy atom. The molecule has 86 valence electrons. The molecule has 15 heavy (non-hydrogen) atoms. The van der Waals surface area contributed by atoms with Crippen molar-refractivity contribution in [3.05, 3.63) is 0 Å². The predicted octanol–water partition coefficient (Wildman–Crippen LogP) is 0.543. The highest BCUT2D eigenvalue weighted by atomic mass is 31.1. The third kappa shape index (κ3) is 7.99. The normalized spacial score (nSPS) is 13.7. The lowest BCUT2D eigenvalue weighted by Gasteiger charge is -1.78. The summed E-state index contributed by atoms with van der Waals surface area (Å²) in [4.78, 5) is 20.1. The Morgan fingerprint density at radius 2 is 1.80 bits per heavy atom. The summed E-state index contributed by atoms with van der Waals surface area (Å²) in [5, 5.41) is 4.30. The van der Waals surface area contributed by atoms with Crippen molar-refractivity contribution in [1.82, 2.24) is 10.6 Å². The van der Waals surface area contributed by atoms with E-state index < -0.39 is 14.3 Å². The molecule has 1 fully saturated rings. The molecular formula is C7H14N2O5P+. The Bertz CT molecular complexity index is 224. The van der Waals surface area contributed by atoms with Crippen LogP contribution in [0, 0.1) is 0 Å². The zero-order valence-electron chi connectivity index (χ0n) is 8.61. The molecule has 3 amide bonds. The van der Waals surface area contributed by atoms with Gasteiger partial charge in [-0.05, 0) is 13.8 Å². The number of amides is 3. The van der Waals surface area contributed by atoms with E-state index in [9.17, 15) is 14.2 Å². The first-order valence-corrected chi connectivity index (χ1v) is 5.50. The first-order chi connectivity index (χ1) is 7.10. The monoisotopic (exact) mass is 237 g/mol. The summed E-state index contributed by atoms with van der Waals surface area (Å²) in [5.74, 6) is -0.259. The molecule has 0 aromatic rings. The van der Waals surface area contributed by atoms with Crippen LogP contribution in [0.3, 0.4) is 0 Å². The van der Waals surface area contributed by atoms with Crippen molar-refractivity contribution in [2.75, 3.05) is 19.8 Å². The van der Waals surface area contributed by atoms with Gasteiger partial charge < -0.3 is 5.32 Å². The van der Waals surface area contributed by atoms with Gasteiger partial charge >= 0.3 is 14.3 Å². The van der Waals surface area contributed by atoms with Crippen molar-refractivity contribution >= 4 is 20.2 Å². The average molecular weight is 237 g/mol. The Balaban J connectivity index is 0.000000262. The zero-order chi connectivity index (χ0) is 11.7. The number of carbonyl (C=O) groups is 2. The molecule has 0 bridgehead atoms. The first kappa shape index (κ1) is 14.0. The van der Waals surface area contributed by atoms with Crippen molar-refractivity contribution < 1.29 is 23.2 Å². The molecule has 1 aliphatic heterocycles. The van der Waals surface area contributed by atoms with E-state index >= 15 is 0 Å². The summed E-state index contributed by atoms with van der Waals surface area (Å²) in [6.45, 7) is 4.54. The first-order valence-electron chi connectivity index (χ1n) is 4.40. The van der Waals surface area contributed by atoms with Gasteiger partial charge in [0, 0.05) is 4.57 Å². The lowest BCUT2D eigenvalue weighted by molar-refractivity contribution is -0.117. The summed E-state index contributed by atoms with van der Waals surface area (Å²) >= 11 is 0. The van der Waals surface area contributed by atoms with Crippen LogP contribution in [-0.4, -0.2) is 31.7 Å². The molecule has 0 atom stereocenters. The zero-order valence-corrected chi connectivity index (χ0v) is 9.50. The van der Waals surface area contributed by atoms with Crippen LogP contribution in [-0.2, 0) is 18.4 Å². The average Bonchev–Trinajstić information content (AvgIpc) is 2.52. The molecule has 0 radical (unpaired) electrons. The summed E-state index contributed by atoms with van der Waals surface area (Å²) in [6.07, 6.45) is 0. The molecule has 2 N–H and O–H groups in total. The van der Waals surface area contributed by atoms with Crippen molar-refractivity contribution in [2.24, 2.45) is 0 Å². The van der Waals surface area contributed by atoms with E-state index in [1.807, 2.05) is 5.32 Å². The second kappa shape index (κ2) is 8.28. The van der Waals surface area contributed by atoms with Crippen LogP contribution < -0.4 is 10.6 Å². The van der Waals surface area contributed by atoms with Crippen LogP contribution in [0.15, 0.2) is 0 Å². The van der Waals surface area contributed by atoms with Gasteiger partial charge in [-0.15, -0.1) is 9.05 Å². The lowest BCUT2D eigenvalue weighted by atomic mass is 10.7. The minimum absolute atomic E-state index is 0.124. The smallest absolute Gasteiger partial charge is 0.329 e. The number of carbonyl (C=O) groups excluding carboxylic acids is 2. The quantitative estimate of drug-likeness (QED) is 0.549. The van der Waals surface area contributed by atoms with E-state index in [0.29, 0.717) is 13.2 Å². The highest BCUT2D eigenvalue weighted by Gasteiger charge is 2.15. The molecule has 0 aromatic carbocycles. The molecular weight excluding hydrogens is 223 g/mol. The highest BCUT2D eigenvalue weighted by molar-refractivity contribution is 7.33. The minimum atomic E-state index is -1.83. The third-order valence-corrected chi connectivity index (χ3v) is 2.07. The Hall–Kier alpha value is -1.04. The van der Waals surface area contributed by atoms with E-state index in [1.165, 1.54) is 0 Å². The van der Waals surface area contributed by atoms with E-state index in [2.05, 4.69) is 14.4 Å². The van der Waals surface area contributed by atoms with Crippen LogP contribution >= 0.6 is 8.25 Å². The van der Waals surface area contributed by atoms with Crippen LogP contribution in [0.1, 0.15) is 13.8 Å². The van der Waals surface area contributed by atoms with Gasteiger partial charge in [-0.1, -0.05) is 0 Å². The van der Waals surface area contributed by atoms with Crippen LogP contribution in [0.2, 0.25) is 0 Å². The van der Waals surface area contributed by atoms with Crippen molar-refractivity contribution in [2.45, 2.75) is 13.8 Å². The molecule has 7 nitrogen and oxygen atoms in total. The standard InChI is InChI=1S/C4H10O3P.C3H4N2O2/c1-3-6-8(5)7-4-2;6-2-1-4-3(7)5-2/h3-4H2,1-2H3;1H2,(H2,4,5,6,7)/q+1;. The van der Waals surface area contributed by atoms with Crippen LogP contribution in [0.25, 0.3) is 0 Å². The van der Waals surface area contributed by atoms with E-state index in [4.69, 9.17) is 0 Å². The predicted molar refractivity (Wildman–Crippen MR) is 52.4 cm³/mol. The van der Waals surface area contributed by atoms with E-state index in [-0.39, 0.29) is 12.5 Å².